The van der Waals surface area contributed by atoms with Gasteiger partial charge in [-0.15, -0.1) is 0 Å². The van der Waals surface area contributed by atoms with Crippen molar-refractivity contribution < 1.29 is 4.79 Å². The van der Waals surface area contributed by atoms with Crippen molar-refractivity contribution in [3.63, 3.8) is 0 Å². The summed E-state index contributed by atoms with van der Waals surface area (Å²) in [5.41, 5.74) is 4.08. The highest BCUT2D eigenvalue weighted by Gasteiger charge is 2.15. The van der Waals surface area contributed by atoms with Crippen LogP contribution >= 0.6 is 23.4 Å². The van der Waals surface area contributed by atoms with E-state index in [0.717, 1.165) is 22.4 Å². The summed E-state index contributed by atoms with van der Waals surface area (Å²) in [5, 5.41) is 4.57. The van der Waals surface area contributed by atoms with Crippen LogP contribution in [0.3, 0.4) is 0 Å². The first kappa shape index (κ1) is 22.1. The van der Waals surface area contributed by atoms with Crippen LogP contribution < -0.4 is 10.9 Å². The third-order valence-electron chi connectivity index (χ3n) is 5.19. The van der Waals surface area contributed by atoms with Crippen LogP contribution in [0.2, 0.25) is 5.02 Å². The van der Waals surface area contributed by atoms with Gasteiger partial charge < -0.3 is 5.32 Å². The number of nitrogens with zero attached hydrogens (tertiary/aromatic N) is 2. The maximum atomic E-state index is 13.3. The summed E-state index contributed by atoms with van der Waals surface area (Å²) in [6, 6.07) is 20.5. The molecule has 5 nitrogen and oxygen atoms in total. The Bertz CT molecular complexity index is 1350. The van der Waals surface area contributed by atoms with Crippen LogP contribution in [-0.4, -0.2) is 21.2 Å². The van der Waals surface area contributed by atoms with Gasteiger partial charge in [-0.2, -0.15) is 0 Å². The van der Waals surface area contributed by atoms with Gasteiger partial charge in [-0.1, -0.05) is 71.9 Å². The van der Waals surface area contributed by atoms with E-state index < -0.39 is 0 Å². The quantitative estimate of drug-likeness (QED) is 0.305. The second kappa shape index (κ2) is 9.59. The van der Waals surface area contributed by atoms with Crippen molar-refractivity contribution in [3.05, 3.63) is 98.8 Å². The summed E-state index contributed by atoms with van der Waals surface area (Å²) in [6.45, 7) is 4.20. The second-order valence-corrected chi connectivity index (χ2v) is 8.85. The Morgan fingerprint density at radius 2 is 1.69 bits per heavy atom. The van der Waals surface area contributed by atoms with E-state index in [-0.39, 0.29) is 23.8 Å². The van der Waals surface area contributed by atoms with Crippen LogP contribution in [0, 0.1) is 13.8 Å². The zero-order valence-electron chi connectivity index (χ0n) is 17.8. The monoisotopic (exact) mass is 463 g/mol. The molecular weight excluding hydrogens is 442 g/mol. The number of halogens is 1. The highest BCUT2D eigenvalue weighted by atomic mass is 35.5. The summed E-state index contributed by atoms with van der Waals surface area (Å²) in [6.07, 6.45) is 0. The molecule has 4 rings (SSSR count). The molecule has 162 valence electrons. The molecule has 1 amide bonds. The summed E-state index contributed by atoms with van der Waals surface area (Å²) in [5.74, 6) is -0.0275. The second-order valence-electron chi connectivity index (χ2n) is 7.50. The first-order valence-electron chi connectivity index (χ1n) is 10.2. The van der Waals surface area contributed by atoms with E-state index in [1.807, 2.05) is 62.4 Å². The number of carbonyl (C=O) groups is 1. The van der Waals surface area contributed by atoms with E-state index >= 15 is 0 Å². The predicted octanol–water partition coefficient (Wildman–Crippen LogP) is 5.45. The lowest BCUT2D eigenvalue weighted by Gasteiger charge is -2.15. The molecule has 0 bridgehead atoms. The van der Waals surface area contributed by atoms with Gasteiger partial charge in [0, 0.05) is 10.7 Å². The number of rotatable bonds is 6. The van der Waals surface area contributed by atoms with Gasteiger partial charge in [-0.05, 0) is 48.7 Å². The topological polar surface area (TPSA) is 64.0 Å². The number of aromatic nitrogens is 2. The fourth-order valence-electron chi connectivity index (χ4n) is 3.51. The molecule has 7 heteroatoms. The lowest BCUT2D eigenvalue weighted by Crippen LogP contribution is -2.25. The van der Waals surface area contributed by atoms with E-state index in [2.05, 4.69) is 10.3 Å². The molecule has 32 heavy (non-hydrogen) atoms. The number of anilines is 1. The lowest BCUT2D eigenvalue weighted by molar-refractivity contribution is -0.113. The third kappa shape index (κ3) is 4.71. The minimum Gasteiger partial charge on any atom is -0.325 e. The first-order valence-corrected chi connectivity index (χ1v) is 11.5. The number of thioether (sulfide) groups is 1. The normalized spacial score (nSPS) is 11.0. The largest absolute Gasteiger partial charge is 0.325 e. The molecule has 4 aromatic rings. The van der Waals surface area contributed by atoms with Crippen molar-refractivity contribution in [1.82, 2.24) is 9.55 Å². The zero-order valence-corrected chi connectivity index (χ0v) is 19.3. The zero-order chi connectivity index (χ0) is 22.7. The number of hydrogen-bond acceptors (Lipinski definition) is 4. The van der Waals surface area contributed by atoms with Gasteiger partial charge in [0.25, 0.3) is 5.56 Å². The Kier molecular flexibility index (Phi) is 6.63. The van der Waals surface area contributed by atoms with Crippen LogP contribution in [0.25, 0.3) is 10.9 Å². The van der Waals surface area contributed by atoms with Gasteiger partial charge in [0.15, 0.2) is 5.16 Å². The molecule has 0 fully saturated rings. The van der Waals surface area contributed by atoms with Crippen LogP contribution in [-0.2, 0) is 11.3 Å². The SMILES string of the molecule is Cc1cccc(C)c1NC(=O)CSc1nc2ccccc2c(=O)n1Cc1ccccc1Cl. The Hall–Kier alpha value is -3.09. The van der Waals surface area contributed by atoms with Crippen molar-refractivity contribution >= 4 is 45.9 Å². The number of aryl methyl sites for hydroxylation is 2. The molecule has 1 N–H and O–H groups in total. The molecule has 0 aliphatic rings. The van der Waals surface area contributed by atoms with Crippen molar-refractivity contribution in [2.24, 2.45) is 0 Å². The van der Waals surface area contributed by atoms with Gasteiger partial charge >= 0.3 is 0 Å². The number of carbonyl (C=O) groups excluding carboxylic acids is 1. The summed E-state index contributed by atoms with van der Waals surface area (Å²) < 4.78 is 1.58. The molecule has 3 aromatic carbocycles. The average molecular weight is 464 g/mol. The molecule has 0 aliphatic heterocycles. The minimum absolute atomic E-state index is 0.126. The van der Waals surface area contributed by atoms with Gasteiger partial charge in [0.1, 0.15) is 0 Å². The third-order valence-corrected chi connectivity index (χ3v) is 6.54. The molecule has 0 unspecified atom stereocenters. The average Bonchev–Trinajstić information content (AvgIpc) is 2.78. The van der Waals surface area contributed by atoms with E-state index in [0.29, 0.717) is 21.1 Å². The smallest absolute Gasteiger partial charge is 0.262 e. The maximum absolute atomic E-state index is 13.3. The van der Waals surface area contributed by atoms with Crippen molar-refractivity contribution in [2.75, 3.05) is 11.1 Å². The Morgan fingerprint density at radius 1 is 1.00 bits per heavy atom. The molecule has 1 heterocycles. The van der Waals surface area contributed by atoms with Gasteiger partial charge in [0.05, 0.1) is 23.2 Å². The van der Waals surface area contributed by atoms with Crippen LogP contribution in [0.5, 0.6) is 0 Å². The van der Waals surface area contributed by atoms with Crippen LogP contribution in [0.15, 0.2) is 76.7 Å². The lowest BCUT2D eigenvalue weighted by atomic mass is 10.1. The Labute approximate surface area is 195 Å². The molecule has 0 saturated carbocycles. The molecule has 0 saturated heterocycles. The number of nitrogens with one attached hydrogen (secondary N) is 1. The number of hydrogen-bond donors (Lipinski definition) is 1. The van der Waals surface area contributed by atoms with Crippen molar-refractivity contribution in [3.8, 4) is 0 Å². The first-order chi connectivity index (χ1) is 15.4. The molecule has 0 aliphatic carbocycles. The van der Waals surface area contributed by atoms with Gasteiger partial charge in [-0.25, -0.2) is 4.98 Å². The summed E-state index contributed by atoms with van der Waals surface area (Å²) >= 11 is 7.57. The highest BCUT2D eigenvalue weighted by Crippen LogP contribution is 2.23. The van der Waals surface area contributed by atoms with Crippen molar-refractivity contribution in [2.45, 2.75) is 25.5 Å². The highest BCUT2D eigenvalue weighted by molar-refractivity contribution is 7.99. The number of para-hydroxylation sites is 2. The van der Waals surface area contributed by atoms with E-state index in [9.17, 15) is 9.59 Å². The van der Waals surface area contributed by atoms with Gasteiger partial charge in [0.2, 0.25) is 5.91 Å². The molecule has 0 radical (unpaired) electrons. The van der Waals surface area contributed by atoms with E-state index in [4.69, 9.17) is 11.6 Å². The maximum Gasteiger partial charge on any atom is 0.262 e. The van der Waals surface area contributed by atoms with Crippen LogP contribution in [0.4, 0.5) is 5.69 Å². The predicted molar refractivity (Wildman–Crippen MR) is 132 cm³/mol. The van der Waals surface area contributed by atoms with Crippen molar-refractivity contribution in [1.29, 1.82) is 0 Å². The fourth-order valence-corrected chi connectivity index (χ4v) is 4.51. The van der Waals surface area contributed by atoms with E-state index in [1.165, 1.54) is 11.8 Å². The van der Waals surface area contributed by atoms with E-state index in [1.54, 1.807) is 22.8 Å². The molecular formula is C25H22ClN3O2S. The van der Waals surface area contributed by atoms with Gasteiger partial charge in [-0.3, -0.25) is 14.2 Å². The number of benzene rings is 3. The Morgan fingerprint density at radius 3 is 2.44 bits per heavy atom. The fraction of sp³-hybridized carbons (Fsp3) is 0.160. The molecule has 1 aromatic heterocycles. The molecule has 0 atom stereocenters. The molecule has 0 spiro atoms. The standard InChI is InChI=1S/C25H22ClN3O2S/c1-16-8-7-9-17(2)23(16)28-22(30)15-32-25-27-21-13-6-4-11-19(21)24(31)29(25)14-18-10-3-5-12-20(18)26/h3-13H,14-15H2,1-2H3,(H,28,30). The number of amides is 1. The summed E-state index contributed by atoms with van der Waals surface area (Å²) in [4.78, 5) is 30.6. The Balaban J connectivity index is 1.64. The summed E-state index contributed by atoms with van der Waals surface area (Å²) in [7, 11) is 0. The van der Waals surface area contributed by atoms with Crippen LogP contribution in [0.1, 0.15) is 16.7 Å². The minimum atomic E-state index is -0.159. The number of fused-ring (bicyclic) bond motifs is 1.